The second kappa shape index (κ2) is 15.2. The fourth-order valence-corrected chi connectivity index (χ4v) is 9.97. The Balaban J connectivity index is 2.24. The molecule has 2 aromatic carbocycles. The Labute approximate surface area is 214 Å². The zero-order valence-electron chi connectivity index (χ0n) is 20.0. The maximum Gasteiger partial charge on any atom is 0.253 e. The minimum Gasteiger partial charge on any atom is -0.206 e. The molecule has 0 heterocycles. The number of unbranched alkanes of at least 4 members (excludes halogenated alkanes) is 6. The van der Waals surface area contributed by atoms with Crippen LogP contribution in [0.4, 0.5) is 0 Å². The predicted molar refractivity (Wildman–Crippen MR) is 144 cm³/mol. The molecule has 0 unspecified atom stereocenters. The lowest BCUT2D eigenvalue weighted by molar-refractivity contribution is 0.520. The highest BCUT2D eigenvalue weighted by Crippen LogP contribution is 2.38. The van der Waals surface area contributed by atoms with Gasteiger partial charge in [-0.2, -0.15) is 0 Å². The summed E-state index contributed by atoms with van der Waals surface area (Å²) in [6.07, 6.45) is 7.44. The summed E-state index contributed by atoms with van der Waals surface area (Å²) >= 11 is 0. The molecule has 2 rings (SSSR count). The van der Waals surface area contributed by atoms with Gasteiger partial charge >= 0.3 is 0 Å². The van der Waals surface area contributed by atoms with Crippen molar-refractivity contribution in [2.75, 3.05) is 13.1 Å². The maximum absolute atomic E-state index is 13.4. The van der Waals surface area contributed by atoms with E-state index in [0.717, 1.165) is 73.3 Å². The number of benzene rings is 2. The van der Waals surface area contributed by atoms with Gasteiger partial charge in [0.05, 0.1) is 9.79 Å². The van der Waals surface area contributed by atoms with Crippen molar-refractivity contribution in [3.05, 3.63) is 60.7 Å². The van der Waals surface area contributed by atoms with Gasteiger partial charge in [0.1, 0.15) is 0 Å². The lowest BCUT2D eigenvalue weighted by atomic mass is 10.2. The summed E-state index contributed by atoms with van der Waals surface area (Å²) < 4.78 is 56.1. The molecule has 190 valence electrons. The molecular weight excluding hydrogens is 509 g/mol. The highest BCUT2D eigenvalue weighted by Gasteiger charge is 2.30. The molecule has 0 aromatic heterocycles. The summed E-state index contributed by atoms with van der Waals surface area (Å²) in [5, 5.41) is 0. The molecular formula is C24H36N2O4S4. The van der Waals surface area contributed by atoms with Crippen molar-refractivity contribution in [2.24, 2.45) is 0 Å². The van der Waals surface area contributed by atoms with Gasteiger partial charge in [0, 0.05) is 35.0 Å². The first-order valence-corrected chi connectivity index (χ1v) is 16.8. The molecule has 10 heteroatoms. The lowest BCUT2D eigenvalue weighted by Crippen LogP contribution is -2.29. The molecule has 0 N–H and O–H groups in total. The molecule has 6 nitrogen and oxygen atoms in total. The van der Waals surface area contributed by atoms with Crippen molar-refractivity contribution in [1.82, 2.24) is 7.42 Å². The molecule has 34 heavy (non-hydrogen) atoms. The number of rotatable bonds is 17. The zero-order valence-corrected chi connectivity index (χ0v) is 23.3. The van der Waals surface area contributed by atoms with E-state index in [9.17, 15) is 16.8 Å². The van der Waals surface area contributed by atoms with Crippen molar-refractivity contribution >= 4 is 42.0 Å². The SMILES string of the molecule is CCCCCCN(SSN(CCCCCC)S(=O)(=O)c1ccccc1)S(=O)(=O)c1ccccc1. The minimum absolute atomic E-state index is 0.207. The van der Waals surface area contributed by atoms with Crippen molar-refractivity contribution in [3.63, 3.8) is 0 Å². The Kier molecular flexibility index (Phi) is 13.0. The maximum atomic E-state index is 13.4. The van der Waals surface area contributed by atoms with E-state index in [1.54, 1.807) is 60.7 Å². The van der Waals surface area contributed by atoms with Crippen LogP contribution in [0, 0.1) is 0 Å². The smallest absolute Gasteiger partial charge is 0.206 e. The molecule has 0 fully saturated rings. The van der Waals surface area contributed by atoms with Gasteiger partial charge in [-0.1, -0.05) is 88.8 Å². The van der Waals surface area contributed by atoms with Crippen LogP contribution in [0.3, 0.4) is 0 Å². The van der Waals surface area contributed by atoms with Crippen LogP contribution in [-0.4, -0.2) is 37.3 Å². The number of sulfonamides is 2. The Morgan fingerprint density at radius 2 is 0.912 bits per heavy atom. The van der Waals surface area contributed by atoms with Gasteiger partial charge in [-0.3, -0.25) is 0 Å². The standard InChI is InChI=1S/C24H36N2O4S4/c1-3-5-7-15-21-25(33(27,28)23-17-11-9-12-18-23)31-32-26(22-16-8-6-4-2)34(29,30)24-19-13-10-14-20-24/h9-14,17-20H,3-8,15-16,21-22H2,1-2H3. The molecule has 0 amide bonds. The van der Waals surface area contributed by atoms with Gasteiger partial charge in [0.25, 0.3) is 20.0 Å². The van der Waals surface area contributed by atoms with Gasteiger partial charge in [-0.25, -0.2) is 16.8 Å². The molecule has 0 aliphatic rings. The van der Waals surface area contributed by atoms with Gasteiger partial charge in [0.2, 0.25) is 0 Å². The molecule has 0 saturated heterocycles. The summed E-state index contributed by atoms with van der Waals surface area (Å²) in [5.41, 5.74) is 0. The fourth-order valence-electron chi connectivity index (χ4n) is 3.22. The minimum atomic E-state index is -3.77. The second-order valence-electron chi connectivity index (χ2n) is 7.96. The molecule has 0 saturated carbocycles. The van der Waals surface area contributed by atoms with Crippen molar-refractivity contribution in [2.45, 2.75) is 75.0 Å². The van der Waals surface area contributed by atoms with Crippen molar-refractivity contribution in [1.29, 1.82) is 0 Å². The number of hydrogen-bond donors (Lipinski definition) is 0. The van der Waals surface area contributed by atoms with E-state index >= 15 is 0 Å². The molecule has 0 bridgehead atoms. The van der Waals surface area contributed by atoms with E-state index in [1.807, 2.05) is 0 Å². The topological polar surface area (TPSA) is 74.8 Å². The van der Waals surface area contributed by atoms with Crippen molar-refractivity contribution in [3.8, 4) is 0 Å². The van der Waals surface area contributed by atoms with E-state index in [-0.39, 0.29) is 9.79 Å². The van der Waals surface area contributed by atoms with E-state index in [4.69, 9.17) is 0 Å². The third-order valence-electron chi connectivity index (χ3n) is 5.21. The van der Waals surface area contributed by atoms with Gasteiger partial charge in [0.15, 0.2) is 0 Å². The average Bonchev–Trinajstić information content (AvgIpc) is 2.85. The molecule has 0 spiro atoms. The first kappa shape index (κ1) is 29.2. The Morgan fingerprint density at radius 1 is 0.559 bits per heavy atom. The van der Waals surface area contributed by atoms with E-state index in [0.29, 0.717) is 13.1 Å². The van der Waals surface area contributed by atoms with Crippen LogP contribution >= 0.6 is 22.0 Å². The summed E-state index contributed by atoms with van der Waals surface area (Å²) in [5.74, 6) is 0. The number of nitrogens with zero attached hydrogens (tertiary/aromatic N) is 2. The van der Waals surface area contributed by atoms with E-state index < -0.39 is 20.0 Å². The fraction of sp³-hybridized carbons (Fsp3) is 0.500. The summed E-state index contributed by atoms with van der Waals surface area (Å²) in [6, 6.07) is 16.6. The Hall–Kier alpha value is -1.04. The highest BCUT2D eigenvalue weighted by molar-refractivity contribution is 8.76. The summed E-state index contributed by atoms with van der Waals surface area (Å²) in [7, 11) is -5.57. The predicted octanol–water partition coefficient (Wildman–Crippen LogP) is 6.74. The van der Waals surface area contributed by atoms with Crippen LogP contribution in [0.1, 0.15) is 65.2 Å². The average molecular weight is 545 g/mol. The highest BCUT2D eigenvalue weighted by atomic mass is 33.1. The van der Waals surface area contributed by atoms with Crippen LogP contribution in [0.15, 0.2) is 70.5 Å². The van der Waals surface area contributed by atoms with Gasteiger partial charge < -0.3 is 0 Å². The van der Waals surface area contributed by atoms with Gasteiger partial charge in [-0.15, -0.1) is 7.42 Å². The monoisotopic (exact) mass is 544 g/mol. The first-order valence-electron chi connectivity index (χ1n) is 11.8. The van der Waals surface area contributed by atoms with Crippen LogP contribution in [0.5, 0.6) is 0 Å². The van der Waals surface area contributed by atoms with Crippen LogP contribution in [0.25, 0.3) is 0 Å². The Morgan fingerprint density at radius 3 is 1.24 bits per heavy atom. The molecule has 0 aliphatic carbocycles. The summed E-state index contributed by atoms with van der Waals surface area (Å²) in [6.45, 7) is 4.86. The zero-order chi connectivity index (χ0) is 24.9. The van der Waals surface area contributed by atoms with Crippen LogP contribution < -0.4 is 0 Å². The molecule has 0 radical (unpaired) electrons. The third-order valence-corrected chi connectivity index (χ3v) is 12.6. The van der Waals surface area contributed by atoms with Crippen LogP contribution in [0.2, 0.25) is 0 Å². The first-order chi connectivity index (χ1) is 16.3. The quantitative estimate of drug-likeness (QED) is 0.125. The largest absolute Gasteiger partial charge is 0.253 e. The Bertz CT molecular complexity index is 948. The normalized spacial score (nSPS) is 12.5. The van der Waals surface area contributed by atoms with Gasteiger partial charge in [-0.05, 0) is 37.1 Å². The number of hydrogen-bond acceptors (Lipinski definition) is 6. The second-order valence-corrected chi connectivity index (χ2v) is 14.2. The lowest BCUT2D eigenvalue weighted by Gasteiger charge is -2.25. The van der Waals surface area contributed by atoms with Crippen LogP contribution in [-0.2, 0) is 20.0 Å². The third kappa shape index (κ3) is 8.87. The van der Waals surface area contributed by atoms with E-state index in [1.165, 1.54) is 7.42 Å². The van der Waals surface area contributed by atoms with Crippen molar-refractivity contribution < 1.29 is 16.8 Å². The summed E-state index contributed by atoms with van der Waals surface area (Å²) in [4.78, 5) is 0.415. The van der Waals surface area contributed by atoms with E-state index in [2.05, 4.69) is 13.8 Å². The molecule has 0 aliphatic heterocycles. The molecule has 0 atom stereocenters. The molecule has 2 aromatic rings.